The lowest BCUT2D eigenvalue weighted by atomic mass is 9.87. The second-order valence-electron chi connectivity index (χ2n) is 4.64. The summed E-state index contributed by atoms with van der Waals surface area (Å²) in [7, 11) is 0. The summed E-state index contributed by atoms with van der Waals surface area (Å²) in [4.78, 5) is 18.6. The van der Waals surface area contributed by atoms with E-state index in [1.165, 1.54) is 12.3 Å². The van der Waals surface area contributed by atoms with E-state index in [0.717, 1.165) is 25.7 Å². The Morgan fingerprint density at radius 2 is 2.33 bits per heavy atom. The zero-order valence-electron chi connectivity index (χ0n) is 10.0. The van der Waals surface area contributed by atoms with Crippen LogP contribution < -0.4 is 5.32 Å². The summed E-state index contributed by atoms with van der Waals surface area (Å²) in [5, 5.41) is 21.4. The fraction of sp³-hybridized carbons (Fsp3) is 0.583. The smallest absolute Gasteiger partial charge is 0.354 e. The average molecular weight is 251 g/mol. The van der Waals surface area contributed by atoms with Crippen LogP contribution in [0.3, 0.4) is 0 Å². The summed E-state index contributed by atoms with van der Waals surface area (Å²) in [5.41, 5.74) is -0.0174. The van der Waals surface area contributed by atoms with Crippen molar-refractivity contribution >= 4 is 11.9 Å². The maximum absolute atomic E-state index is 10.8. The van der Waals surface area contributed by atoms with E-state index < -0.39 is 5.97 Å². The molecule has 0 bridgehead atoms. The zero-order chi connectivity index (χ0) is 13.0. The highest BCUT2D eigenvalue weighted by Crippen LogP contribution is 2.24. The first-order chi connectivity index (χ1) is 8.65. The number of anilines is 1. The summed E-state index contributed by atoms with van der Waals surface area (Å²) in [5.74, 6) is -0.339. The lowest BCUT2D eigenvalue weighted by Crippen LogP contribution is -2.25. The van der Waals surface area contributed by atoms with Crippen molar-refractivity contribution in [3.05, 3.63) is 18.0 Å². The Bertz CT molecular complexity index is 425. The Balaban J connectivity index is 1.89. The van der Waals surface area contributed by atoms with Gasteiger partial charge in [-0.3, -0.25) is 0 Å². The van der Waals surface area contributed by atoms with E-state index in [2.05, 4.69) is 15.3 Å². The van der Waals surface area contributed by atoms with Gasteiger partial charge in [-0.05, 0) is 31.2 Å². The van der Waals surface area contributed by atoms with E-state index >= 15 is 0 Å². The molecule has 98 valence electrons. The van der Waals surface area contributed by atoms with Crippen LogP contribution in [0, 0.1) is 5.92 Å². The third-order valence-corrected chi connectivity index (χ3v) is 3.18. The number of hydrogen-bond donors (Lipinski definition) is 3. The number of carbonyl (C=O) groups is 1. The summed E-state index contributed by atoms with van der Waals surface area (Å²) in [6.45, 7) is 0.667. The van der Waals surface area contributed by atoms with Crippen molar-refractivity contribution in [2.75, 3.05) is 11.9 Å². The molecule has 0 radical (unpaired) electrons. The quantitative estimate of drug-likeness (QED) is 0.742. The number of aliphatic hydroxyl groups is 1. The second-order valence-corrected chi connectivity index (χ2v) is 4.64. The van der Waals surface area contributed by atoms with E-state index in [-0.39, 0.29) is 11.8 Å². The van der Waals surface area contributed by atoms with Gasteiger partial charge in [0.1, 0.15) is 0 Å². The highest BCUT2D eigenvalue weighted by atomic mass is 16.4. The molecule has 1 fully saturated rings. The molecule has 1 aromatic heterocycles. The van der Waals surface area contributed by atoms with Gasteiger partial charge in [0.15, 0.2) is 5.69 Å². The van der Waals surface area contributed by atoms with E-state index in [1.54, 1.807) is 0 Å². The van der Waals surface area contributed by atoms with Crippen LogP contribution >= 0.6 is 0 Å². The Morgan fingerprint density at radius 1 is 1.50 bits per heavy atom. The van der Waals surface area contributed by atoms with Crippen molar-refractivity contribution in [1.29, 1.82) is 0 Å². The van der Waals surface area contributed by atoms with Gasteiger partial charge in [0, 0.05) is 12.7 Å². The van der Waals surface area contributed by atoms with Crippen molar-refractivity contribution in [1.82, 2.24) is 9.97 Å². The van der Waals surface area contributed by atoms with Crippen LogP contribution in [0.15, 0.2) is 12.3 Å². The van der Waals surface area contributed by atoms with Crippen LogP contribution in [-0.2, 0) is 0 Å². The minimum absolute atomic E-state index is 0.0174. The molecule has 2 atom stereocenters. The molecule has 18 heavy (non-hydrogen) atoms. The Morgan fingerprint density at radius 3 is 3.06 bits per heavy atom. The summed E-state index contributed by atoms with van der Waals surface area (Å²) in [6, 6.07) is 1.36. The number of carboxylic acid groups (broad SMARTS) is 1. The highest BCUT2D eigenvalue weighted by Gasteiger charge is 2.20. The lowest BCUT2D eigenvalue weighted by molar-refractivity contribution is 0.0690. The minimum atomic E-state index is -1.06. The van der Waals surface area contributed by atoms with E-state index in [4.69, 9.17) is 5.11 Å². The summed E-state index contributed by atoms with van der Waals surface area (Å²) < 4.78 is 0. The molecule has 2 unspecified atom stereocenters. The van der Waals surface area contributed by atoms with Crippen LogP contribution in [0.5, 0.6) is 0 Å². The number of carboxylic acids is 1. The predicted molar refractivity (Wildman–Crippen MR) is 65.4 cm³/mol. The van der Waals surface area contributed by atoms with Gasteiger partial charge in [0.25, 0.3) is 0 Å². The van der Waals surface area contributed by atoms with Crippen molar-refractivity contribution in [3.8, 4) is 0 Å². The number of aromatic nitrogens is 2. The molecule has 0 saturated heterocycles. The van der Waals surface area contributed by atoms with Crippen molar-refractivity contribution < 1.29 is 15.0 Å². The number of aromatic carboxylic acids is 1. The Hall–Kier alpha value is -1.69. The number of rotatable bonds is 4. The number of nitrogens with one attached hydrogen (secondary N) is 1. The van der Waals surface area contributed by atoms with E-state index in [1.807, 2.05) is 0 Å². The second kappa shape index (κ2) is 5.77. The first-order valence-electron chi connectivity index (χ1n) is 6.13. The van der Waals surface area contributed by atoms with Crippen LogP contribution in [-0.4, -0.2) is 38.8 Å². The van der Waals surface area contributed by atoms with Crippen LogP contribution in [0.1, 0.15) is 36.2 Å². The van der Waals surface area contributed by atoms with Gasteiger partial charge in [-0.25, -0.2) is 14.8 Å². The van der Waals surface area contributed by atoms with Crippen molar-refractivity contribution in [2.45, 2.75) is 31.8 Å². The molecule has 1 aliphatic rings. The third-order valence-electron chi connectivity index (χ3n) is 3.18. The first-order valence-corrected chi connectivity index (χ1v) is 6.13. The first kappa shape index (κ1) is 12.8. The molecule has 0 aromatic carbocycles. The van der Waals surface area contributed by atoms with Gasteiger partial charge in [-0.15, -0.1) is 0 Å². The lowest BCUT2D eigenvalue weighted by Gasteiger charge is -2.25. The molecule has 1 saturated carbocycles. The van der Waals surface area contributed by atoms with Gasteiger partial charge >= 0.3 is 5.97 Å². The summed E-state index contributed by atoms with van der Waals surface area (Å²) >= 11 is 0. The summed E-state index contributed by atoms with van der Waals surface area (Å²) in [6.07, 6.45) is 4.98. The normalized spacial score (nSPS) is 23.6. The van der Waals surface area contributed by atoms with Crippen LogP contribution in [0.4, 0.5) is 5.95 Å². The molecular formula is C12H17N3O3. The predicted octanol–water partition coefficient (Wildman–Crippen LogP) is 1.14. The van der Waals surface area contributed by atoms with E-state index in [0.29, 0.717) is 18.4 Å². The molecule has 6 nitrogen and oxygen atoms in total. The molecular weight excluding hydrogens is 234 g/mol. The Labute approximate surface area is 105 Å². The highest BCUT2D eigenvalue weighted by molar-refractivity contribution is 5.85. The molecule has 1 aliphatic carbocycles. The Kier molecular flexibility index (Phi) is 4.09. The van der Waals surface area contributed by atoms with Crippen molar-refractivity contribution in [3.63, 3.8) is 0 Å². The van der Waals surface area contributed by atoms with Crippen LogP contribution in [0.2, 0.25) is 0 Å². The fourth-order valence-corrected chi connectivity index (χ4v) is 2.25. The molecule has 1 heterocycles. The molecule has 1 aromatic rings. The largest absolute Gasteiger partial charge is 0.477 e. The van der Waals surface area contributed by atoms with Crippen molar-refractivity contribution in [2.24, 2.45) is 5.92 Å². The molecule has 6 heteroatoms. The minimum Gasteiger partial charge on any atom is -0.477 e. The zero-order valence-corrected chi connectivity index (χ0v) is 10.0. The topological polar surface area (TPSA) is 95.3 Å². The fourth-order valence-electron chi connectivity index (χ4n) is 2.25. The molecule has 3 N–H and O–H groups in total. The van der Waals surface area contributed by atoms with Crippen LogP contribution in [0.25, 0.3) is 0 Å². The maximum atomic E-state index is 10.8. The third kappa shape index (κ3) is 3.40. The number of hydrogen-bond acceptors (Lipinski definition) is 5. The SMILES string of the molecule is O=C(O)c1ccnc(NCC2CCCC(O)C2)n1. The van der Waals surface area contributed by atoms with Gasteiger partial charge in [-0.1, -0.05) is 6.42 Å². The number of nitrogens with zero attached hydrogens (tertiary/aromatic N) is 2. The van der Waals surface area contributed by atoms with E-state index in [9.17, 15) is 9.90 Å². The molecule has 0 aliphatic heterocycles. The average Bonchev–Trinajstić information content (AvgIpc) is 2.37. The van der Waals surface area contributed by atoms with Gasteiger partial charge in [-0.2, -0.15) is 0 Å². The maximum Gasteiger partial charge on any atom is 0.354 e. The van der Waals surface area contributed by atoms with Gasteiger partial charge < -0.3 is 15.5 Å². The van der Waals surface area contributed by atoms with Gasteiger partial charge in [0.2, 0.25) is 5.95 Å². The van der Waals surface area contributed by atoms with Gasteiger partial charge in [0.05, 0.1) is 6.10 Å². The standard InChI is InChI=1S/C12H17N3O3/c16-9-3-1-2-8(6-9)7-14-12-13-5-4-10(15-12)11(17)18/h4-5,8-9,16H,1-3,6-7H2,(H,17,18)(H,13,14,15). The monoisotopic (exact) mass is 251 g/mol. The molecule has 0 spiro atoms. The molecule has 2 rings (SSSR count). The molecule has 0 amide bonds. The number of aliphatic hydroxyl groups excluding tert-OH is 1.